The van der Waals surface area contributed by atoms with Crippen LogP contribution in [0.1, 0.15) is 30.0 Å². The topological polar surface area (TPSA) is 43.4 Å². The minimum absolute atomic E-state index is 0.0364. The number of hydrogen-bond acceptors (Lipinski definition) is 3. The van der Waals surface area contributed by atoms with E-state index in [2.05, 4.69) is 6.58 Å². The summed E-state index contributed by atoms with van der Waals surface area (Å²) in [5.41, 5.74) is 2.81. The Labute approximate surface area is 103 Å². The summed E-state index contributed by atoms with van der Waals surface area (Å²) in [7, 11) is -3.47. The van der Waals surface area contributed by atoms with Crippen LogP contribution in [0.5, 0.6) is 5.75 Å². The van der Waals surface area contributed by atoms with Crippen LogP contribution in [0, 0.1) is 13.8 Å². The van der Waals surface area contributed by atoms with Gasteiger partial charge in [0.15, 0.2) is 0 Å². The lowest BCUT2D eigenvalue weighted by atomic mass is 10.0. The Morgan fingerprint density at radius 2 is 1.94 bits per heavy atom. The number of rotatable bonds is 5. The van der Waals surface area contributed by atoms with Crippen LogP contribution in [0.15, 0.2) is 18.7 Å². The second-order valence-corrected chi connectivity index (χ2v) is 5.64. The van der Waals surface area contributed by atoms with Gasteiger partial charge in [-0.15, -0.1) is 0 Å². The molecule has 1 aromatic rings. The lowest BCUT2D eigenvalue weighted by Gasteiger charge is -2.12. The highest BCUT2D eigenvalue weighted by Crippen LogP contribution is 2.26. The van der Waals surface area contributed by atoms with Crippen molar-refractivity contribution in [1.29, 1.82) is 0 Å². The molecule has 4 heteroatoms. The van der Waals surface area contributed by atoms with E-state index in [9.17, 15) is 8.42 Å². The molecule has 17 heavy (non-hydrogen) atoms. The van der Waals surface area contributed by atoms with Gasteiger partial charge in [0.2, 0.25) is 0 Å². The quantitative estimate of drug-likeness (QED) is 0.758. The summed E-state index contributed by atoms with van der Waals surface area (Å²) in [5.74, 6) is 0.441. The Kier molecular flexibility index (Phi) is 4.34. The molecule has 0 aliphatic heterocycles. The molecule has 0 aliphatic rings. The molecule has 94 valence electrons. The molecular formula is C13H18O3S. The normalized spacial score (nSPS) is 11.2. The van der Waals surface area contributed by atoms with Crippen LogP contribution in [0.3, 0.4) is 0 Å². The molecule has 0 saturated heterocycles. The van der Waals surface area contributed by atoms with E-state index in [1.165, 1.54) is 0 Å². The minimum Gasteiger partial charge on any atom is -0.382 e. The predicted octanol–water partition coefficient (Wildman–Crippen LogP) is 3.07. The molecule has 1 rings (SSSR count). The van der Waals surface area contributed by atoms with Crippen molar-refractivity contribution in [3.63, 3.8) is 0 Å². The molecule has 0 spiro atoms. The monoisotopic (exact) mass is 254 g/mol. The Morgan fingerprint density at radius 1 is 1.29 bits per heavy atom. The fourth-order valence-corrected chi connectivity index (χ4v) is 2.59. The van der Waals surface area contributed by atoms with Gasteiger partial charge < -0.3 is 4.18 Å². The van der Waals surface area contributed by atoms with E-state index in [1.54, 1.807) is 19.1 Å². The van der Waals surface area contributed by atoms with E-state index in [0.29, 0.717) is 12.2 Å². The molecule has 3 nitrogen and oxygen atoms in total. The minimum atomic E-state index is -3.47. The Hall–Kier alpha value is -1.29. The summed E-state index contributed by atoms with van der Waals surface area (Å²) in [6.45, 7) is 9.28. The standard InChI is InChI=1S/C13H18O3S/c1-5-9-17(14,15)16-13-8-7-12(6-2)10(3)11(13)4/h6-8H,2,5,9H2,1,3-4H3. The van der Waals surface area contributed by atoms with Gasteiger partial charge in [-0.25, -0.2) is 0 Å². The molecule has 0 bridgehead atoms. The summed E-state index contributed by atoms with van der Waals surface area (Å²) in [5, 5.41) is 0. The molecule has 0 N–H and O–H groups in total. The van der Waals surface area contributed by atoms with Gasteiger partial charge in [0.05, 0.1) is 5.75 Å². The van der Waals surface area contributed by atoms with Crippen molar-refractivity contribution in [1.82, 2.24) is 0 Å². The number of benzene rings is 1. The maximum atomic E-state index is 11.6. The van der Waals surface area contributed by atoms with Gasteiger partial charge >= 0.3 is 10.1 Å². The molecule has 0 aliphatic carbocycles. The second kappa shape index (κ2) is 5.36. The average molecular weight is 254 g/mol. The average Bonchev–Trinajstić information content (AvgIpc) is 2.25. The maximum Gasteiger partial charge on any atom is 0.309 e. The second-order valence-electron chi connectivity index (χ2n) is 3.95. The van der Waals surface area contributed by atoms with Gasteiger partial charge in [0.1, 0.15) is 5.75 Å². The summed E-state index contributed by atoms with van der Waals surface area (Å²) in [4.78, 5) is 0. The van der Waals surface area contributed by atoms with Crippen LogP contribution in [0.4, 0.5) is 0 Å². The Bertz CT molecular complexity index is 516. The van der Waals surface area contributed by atoms with Crippen molar-refractivity contribution in [3.05, 3.63) is 35.4 Å². The molecular weight excluding hydrogens is 236 g/mol. The first-order valence-corrected chi connectivity index (χ1v) is 7.13. The summed E-state index contributed by atoms with van der Waals surface area (Å²) < 4.78 is 28.2. The van der Waals surface area contributed by atoms with Crippen molar-refractivity contribution >= 4 is 16.2 Å². The van der Waals surface area contributed by atoms with Gasteiger partial charge in [-0.1, -0.05) is 25.6 Å². The first-order chi connectivity index (χ1) is 7.91. The van der Waals surface area contributed by atoms with Gasteiger partial charge in [0, 0.05) is 0 Å². The summed E-state index contributed by atoms with van der Waals surface area (Å²) >= 11 is 0. The first-order valence-electron chi connectivity index (χ1n) is 5.56. The van der Waals surface area contributed by atoms with Crippen LogP contribution in [-0.4, -0.2) is 14.2 Å². The molecule has 0 amide bonds. The molecule has 0 saturated carbocycles. The van der Waals surface area contributed by atoms with Crippen LogP contribution in [0.25, 0.3) is 6.08 Å². The van der Waals surface area contributed by atoms with E-state index in [4.69, 9.17) is 4.18 Å². The van der Waals surface area contributed by atoms with Crippen LogP contribution in [-0.2, 0) is 10.1 Å². The van der Waals surface area contributed by atoms with Gasteiger partial charge in [-0.2, -0.15) is 8.42 Å². The summed E-state index contributed by atoms with van der Waals surface area (Å²) in [6, 6.07) is 3.48. The highest BCUT2D eigenvalue weighted by atomic mass is 32.2. The largest absolute Gasteiger partial charge is 0.382 e. The van der Waals surface area contributed by atoms with Crippen LogP contribution >= 0.6 is 0 Å². The third kappa shape index (κ3) is 3.33. The fourth-order valence-electron chi connectivity index (χ4n) is 1.56. The lowest BCUT2D eigenvalue weighted by molar-refractivity contribution is 0.483. The molecule has 0 atom stereocenters. The van der Waals surface area contributed by atoms with Crippen molar-refractivity contribution < 1.29 is 12.6 Å². The highest BCUT2D eigenvalue weighted by Gasteiger charge is 2.14. The van der Waals surface area contributed by atoms with E-state index < -0.39 is 10.1 Å². The summed E-state index contributed by atoms with van der Waals surface area (Å²) in [6.07, 6.45) is 2.29. The van der Waals surface area contributed by atoms with Crippen molar-refractivity contribution in [2.24, 2.45) is 0 Å². The van der Waals surface area contributed by atoms with E-state index >= 15 is 0 Å². The zero-order valence-electron chi connectivity index (χ0n) is 10.5. The van der Waals surface area contributed by atoms with Crippen LogP contribution < -0.4 is 4.18 Å². The van der Waals surface area contributed by atoms with Crippen molar-refractivity contribution in [2.45, 2.75) is 27.2 Å². The third-order valence-electron chi connectivity index (χ3n) is 2.67. The van der Waals surface area contributed by atoms with E-state index in [-0.39, 0.29) is 5.75 Å². The molecule has 0 radical (unpaired) electrons. The Morgan fingerprint density at radius 3 is 2.47 bits per heavy atom. The van der Waals surface area contributed by atoms with Gasteiger partial charge in [-0.05, 0) is 43.0 Å². The number of hydrogen-bond donors (Lipinski definition) is 0. The smallest absolute Gasteiger partial charge is 0.309 e. The zero-order valence-corrected chi connectivity index (χ0v) is 11.3. The van der Waals surface area contributed by atoms with Crippen LogP contribution in [0.2, 0.25) is 0 Å². The van der Waals surface area contributed by atoms with E-state index in [0.717, 1.165) is 16.7 Å². The first kappa shape index (κ1) is 13.8. The third-order valence-corrected chi connectivity index (χ3v) is 4.01. The molecule has 0 unspecified atom stereocenters. The maximum absolute atomic E-state index is 11.6. The zero-order chi connectivity index (χ0) is 13.1. The molecule has 0 fully saturated rings. The molecule has 0 heterocycles. The molecule has 1 aromatic carbocycles. The van der Waals surface area contributed by atoms with E-state index in [1.807, 2.05) is 19.9 Å². The molecule has 0 aromatic heterocycles. The Balaban J connectivity index is 3.10. The lowest BCUT2D eigenvalue weighted by Crippen LogP contribution is -2.14. The van der Waals surface area contributed by atoms with Crippen molar-refractivity contribution in [3.8, 4) is 5.75 Å². The van der Waals surface area contributed by atoms with Gasteiger partial charge in [-0.3, -0.25) is 0 Å². The fraction of sp³-hybridized carbons (Fsp3) is 0.385. The van der Waals surface area contributed by atoms with Gasteiger partial charge in [0.25, 0.3) is 0 Å². The van der Waals surface area contributed by atoms with Crippen molar-refractivity contribution in [2.75, 3.05) is 5.75 Å². The highest BCUT2D eigenvalue weighted by molar-refractivity contribution is 7.87. The predicted molar refractivity (Wildman–Crippen MR) is 70.7 cm³/mol. The SMILES string of the molecule is C=Cc1ccc(OS(=O)(=O)CCC)c(C)c1C.